The normalized spacial score (nSPS) is 12.7. The summed E-state index contributed by atoms with van der Waals surface area (Å²) in [5, 5.41) is 8.32. The van der Waals surface area contributed by atoms with Crippen LogP contribution in [-0.2, 0) is 13.0 Å². The van der Waals surface area contributed by atoms with Gasteiger partial charge in [-0.2, -0.15) is 5.10 Å². The lowest BCUT2D eigenvalue weighted by molar-refractivity contribution is 0.536. The van der Waals surface area contributed by atoms with E-state index in [1.165, 1.54) is 6.07 Å². The van der Waals surface area contributed by atoms with Gasteiger partial charge in [-0.1, -0.05) is 23.7 Å². The molecule has 1 N–H and O–H groups in total. The van der Waals surface area contributed by atoms with E-state index in [4.69, 9.17) is 11.6 Å². The second kappa shape index (κ2) is 6.37. The van der Waals surface area contributed by atoms with Crippen LogP contribution >= 0.6 is 11.6 Å². The summed E-state index contributed by atoms with van der Waals surface area (Å²) in [5.74, 6) is -0.228. The Kier molecular flexibility index (Phi) is 4.78. The Hall–Kier alpha value is -1.39. The maximum atomic E-state index is 13.4. The largest absolute Gasteiger partial charge is 0.313 e. The maximum absolute atomic E-state index is 13.4. The molecule has 1 aromatic heterocycles. The van der Waals surface area contributed by atoms with Crippen LogP contribution in [0.1, 0.15) is 29.9 Å². The molecule has 0 fully saturated rings. The van der Waals surface area contributed by atoms with E-state index in [2.05, 4.69) is 10.4 Å². The molecule has 2 rings (SSSR count). The van der Waals surface area contributed by atoms with Gasteiger partial charge in [0.05, 0.1) is 16.4 Å². The topological polar surface area (TPSA) is 29.9 Å². The minimum atomic E-state index is -0.228. The highest BCUT2D eigenvalue weighted by Gasteiger charge is 2.18. The molecule has 0 aliphatic carbocycles. The lowest BCUT2D eigenvalue weighted by Crippen LogP contribution is -2.20. The Morgan fingerprint density at radius 3 is 2.80 bits per heavy atom. The van der Waals surface area contributed by atoms with Gasteiger partial charge in [-0.05, 0) is 38.6 Å². The lowest BCUT2D eigenvalue weighted by atomic mass is 10.0. The molecule has 2 aromatic rings. The van der Waals surface area contributed by atoms with Gasteiger partial charge >= 0.3 is 0 Å². The first kappa shape index (κ1) is 15.0. The maximum Gasteiger partial charge on any atom is 0.123 e. The van der Waals surface area contributed by atoms with E-state index in [9.17, 15) is 4.39 Å². The van der Waals surface area contributed by atoms with E-state index in [0.717, 1.165) is 23.5 Å². The van der Waals surface area contributed by atoms with Crippen LogP contribution in [0, 0.1) is 12.7 Å². The number of nitrogens with zero attached hydrogens (tertiary/aromatic N) is 2. The number of rotatable bonds is 5. The van der Waals surface area contributed by atoms with Crippen LogP contribution in [-0.4, -0.2) is 16.8 Å². The number of nitrogens with one attached hydrogen (secondary N) is 1. The number of hydrogen-bond donors (Lipinski definition) is 1. The van der Waals surface area contributed by atoms with Crippen LogP contribution < -0.4 is 5.32 Å². The number of benzene rings is 1. The molecule has 0 saturated heterocycles. The standard InChI is InChI=1S/C15H19ClFN3/c1-4-20-14(15(16)10(2)19-20)9-13(18-3)11-6-5-7-12(17)8-11/h5-8,13,18H,4,9H2,1-3H3. The number of likely N-dealkylation sites (N-methyl/N-ethyl adjacent to an activating group) is 1. The monoisotopic (exact) mass is 295 g/mol. The highest BCUT2D eigenvalue weighted by atomic mass is 35.5. The first-order valence-corrected chi connectivity index (χ1v) is 7.09. The van der Waals surface area contributed by atoms with Gasteiger partial charge in [-0.15, -0.1) is 0 Å². The molecule has 1 aromatic carbocycles. The third-order valence-electron chi connectivity index (χ3n) is 3.45. The van der Waals surface area contributed by atoms with Crippen molar-refractivity contribution < 1.29 is 4.39 Å². The highest BCUT2D eigenvalue weighted by molar-refractivity contribution is 6.31. The van der Waals surface area contributed by atoms with Gasteiger partial charge in [0, 0.05) is 19.0 Å². The summed E-state index contributed by atoms with van der Waals surface area (Å²) < 4.78 is 15.3. The molecule has 0 bridgehead atoms. The fraction of sp³-hybridized carbons (Fsp3) is 0.400. The van der Waals surface area contributed by atoms with E-state index in [1.807, 2.05) is 31.6 Å². The van der Waals surface area contributed by atoms with Crippen molar-refractivity contribution in [2.45, 2.75) is 32.9 Å². The van der Waals surface area contributed by atoms with Gasteiger partial charge in [0.1, 0.15) is 5.82 Å². The smallest absolute Gasteiger partial charge is 0.123 e. The van der Waals surface area contributed by atoms with Gasteiger partial charge in [-0.25, -0.2) is 4.39 Å². The predicted octanol–water partition coefficient (Wildman–Crippen LogP) is 3.51. The average Bonchev–Trinajstić information content (AvgIpc) is 2.71. The predicted molar refractivity (Wildman–Crippen MR) is 79.6 cm³/mol. The number of hydrogen-bond acceptors (Lipinski definition) is 2. The Morgan fingerprint density at radius 1 is 1.45 bits per heavy atom. The first-order valence-electron chi connectivity index (χ1n) is 6.71. The molecule has 1 unspecified atom stereocenters. The van der Waals surface area contributed by atoms with Gasteiger partial charge in [0.15, 0.2) is 0 Å². The van der Waals surface area contributed by atoms with E-state index in [-0.39, 0.29) is 11.9 Å². The summed E-state index contributed by atoms with van der Waals surface area (Å²) in [7, 11) is 1.86. The van der Waals surface area contributed by atoms with Crippen molar-refractivity contribution in [3.8, 4) is 0 Å². The van der Waals surface area contributed by atoms with Crippen LogP contribution in [0.3, 0.4) is 0 Å². The molecule has 5 heteroatoms. The third kappa shape index (κ3) is 3.02. The molecular formula is C15H19ClFN3. The Morgan fingerprint density at radius 2 is 2.20 bits per heavy atom. The van der Waals surface area contributed by atoms with Gasteiger partial charge in [0.2, 0.25) is 0 Å². The SMILES string of the molecule is CCn1nc(C)c(Cl)c1CC(NC)c1cccc(F)c1. The number of halogens is 2. The number of aromatic nitrogens is 2. The molecule has 0 saturated carbocycles. The van der Waals surface area contributed by atoms with Crippen LogP contribution in [0.5, 0.6) is 0 Å². The van der Waals surface area contributed by atoms with Crippen molar-refractivity contribution in [1.82, 2.24) is 15.1 Å². The van der Waals surface area contributed by atoms with E-state index >= 15 is 0 Å². The molecule has 108 valence electrons. The molecule has 1 heterocycles. The lowest BCUT2D eigenvalue weighted by Gasteiger charge is -2.17. The fourth-order valence-electron chi connectivity index (χ4n) is 2.37. The summed E-state index contributed by atoms with van der Waals surface area (Å²) >= 11 is 6.33. The summed E-state index contributed by atoms with van der Waals surface area (Å²) in [6.45, 7) is 4.69. The minimum absolute atomic E-state index is 0.00426. The Labute approximate surface area is 123 Å². The van der Waals surface area contributed by atoms with Crippen molar-refractivity contribution >= 4 is 11.6 Å². The van der Waals surface area contributed by atoms with E-state index < -0.39 is 0 Å². The molecular weight excluding hydrogens is 277 g/mol. The van der Waals surface area contributed by atoms with Gasteiger partial charge in [-0.3, -0.25) is 4.68 Å². The molecule has 0 spiro atoms. The van der Waals surface area contributed by atoms with E-state index in [0.29, 0.717) is 11.4 Å². The van der Waals surface area contributed by atoms with Crippen molar-refractivity contribution in [3.05, 3.63) is 52.1 Å². The molecule has 0 radical (unpaired) electrons. The number of aryl methyl sites for hydroxylation is 2. The minimum Gasteiger partial charge on any atom is -0.313 e. The quantitative estimate of drug-likeness (QED) is 0.915. The summed E-state index contributed by atoms with van der Waals surface area (Å²) in [5.41, 5.74) is 2.72. The molecule has 0 aliphatic rings. The Balaban J connectivity index is 2.31. The van der Waals surface area contributed by atoms with Crippen molar-refractivity contribution in [1.29, 1.82) is 0 Å². The summed E-state index contributed by atoms with van der Waals surface area (Å²) in [6.07, 6.45) is 0.674. The second-order valence-electron chi connectivity index (χ2n) is 4.76. The fourth-order valence-corrected chi connectivity index (χ4v) is 2.58. The van der Waals surface area contributed by atoms with Crippen LogP contribution in [0.4, 0.5) is 4.39 Å². The zero-order valence-corrected chi connectivity index (χ0v) is 12.7. The van der Waals surface area contributed by atoms with Crippen molar-refractivity contribution in [2.75, 3.05) is 7.05 Å². The summed E-state index contributed by atoms with van der Waals surface area (Å²) in [4.78, 5) is 0. The summed E-state index contributed by atoms with van der Waals surface area (Å²) in [6, 6.07) is 6.64. The highest BCUT2D eigenvalue weighted by Crippen LogP contribution is 2.26. The Bertz CT molecular complexity index is 595. The molecule has 0 amide bonds. The molecule has 1 atom stereocenters. The van der Waals surface area contributed by atoms with Crippen LogP contribution in [0.25, 0.3) is 0 Å². The van der Waals surface area contributed by atoms with Crippen LogP contribution in [0.2, 0.25) is 5.02 Å². The van der Waals surface area contributed by atoms with Crippen LogP contribution in [0.15, 0.2) is 24.3 Å². The molecule has 0 aliphatic heterocycles. The second-order valence-corrected chi connectivity index (χ2v) is 5.14. The van der Waals surface area contributed by atoms with Crippen molar-refractivity contribution in [2.24, 2.45) is 0 Å². The third-order valence-corrected chi connectivity index (χ3v) is 3.94. The first-order chi connectivity index (χ1) is 9.56. The average molecular weight is 296 g/mol. The van der Waals surface area contributed by atoms with Gasteiger partial charge < -0.3 is 5.32 Å². The van der Waals surface area contributed by atoms with Gasteiger partial charge in [0.25, 0.3) is 0 Å². The zero-order valence-electron chi connectivity index (χ0n) is 12.0. The van der Waals surface area contributed by atoms with Crippen molar-refractivity contribution in [3.63, 3.8) is 0 Å². The van der Waals surface area contributed by atoms with E-state index in [1.54, 1.807) is 12.1 Å². The zero-order chi connectivity index (χ0) is 14.7. The molecule has 3 nitrogen and oxygen atoms in total. The molecule has 20 heavy (non-hydrogen) atoms.